The monoisotopic (exact) mass is 601 g/mol. The third kappa shape index (κ3) is 5.14. The summed E-state index contributed by atoms with van der Waals surface area (Å²) >= 11 is 0. The zero-order chi connectivity index (χ0) is 31.5. The van der Waals surface area contributed by atoms with Crippen molar-refractivity contribution in [1.82, 2.24) is 4.90 Å². The van der Waals surface area contributed by atoms with Gasteiger partial charge in [0.2, 0.25) is 6.10 Å². The van der Waals surface area contributed by atoms with E-state index in [0.717, 1.165) is 18.1 Å². The highest BCUT2D eigenvalue weighted by molar-refractivity contribution is 5.86. The Bertz CT molecular complexity index is 1380. The topological polar surface area (TPSA) is 147 Å². The Morgan fingerprint density at radius 2 is 1.88 bits per heavy atom. The normalized spacial score (nSPS) is 28.3. The van der Waals surface area contributed by atoms with E-state index < -0.39 is 65.2 Å². The maximum Gasteiger partial charge on any atom is 0.353 e. The number of carbonyl (C=O) groups excluding carboxylic acids is 4. The molecule has 1 aromatic carbocycles. The van der Waals surface area contributed by atoms with Gasteiger partial charge in [0.1, 0.15) is 11.4 Å². The van der Waals surface area contributed by atoms with E-state index in [1.165, 1.54) is 14.0 Å². The maximum atomic E-state index is 13.4. The predicted molar refractivity (Wildman–Crippen MR) is 149 cm³/mol. The number of benzene rings is 1. The van der Waals surface area contributed by atoms with Crippen LogP contribution in [0.3, 0.4) is 0 Å². The molecule has 2 bridgehead atoms. The number of hydrogen-bond acceptors (Lipinski definition) is 12. The van der Waals surface area contributed by atoms with Gasteiger partial charge in [-0.15, -0.1) is 0 Å². The minimum absolute atomic E-state index is 0.150. The Morgan fingerprint density at radius 3 is 2.53 bits per heavy atom. The zero-order valence-electron chi connectivity index (χ0n) is 25.6. The number of likely N-dealkylation sites (tertiary alicyclic amines) is 1. The van der Waals surface area contributed by atoms with Gasteiger partial charge < -0.3 is 38.4 Å². The number of nitrogens with zero attached hydrogens (tertiary/aromatic N) is 1. The van der Waals surface area contributed by atoms with Crippen LogP contribution >= 0.6 is 0 Å². The summed E-state index contributed by atoms with van der Waals surface area (Å²) in [7, 11) is 3.53. The van der Waals surface area contributed by atoms with Crippen molar-refractivity contribution in [2.24, 2.45) is 0 Å². The number of ether oxygens (including phenoxy) is 6. The van der Waals surface area contributed by atoms with Crippen LogP contribution in [-0.4, -0.2) is 90.1 Å². The summed E-state index contributed by atoms with van der Waals surface area (Å²) in [4.78, 5) is 52.4. The number of hydrogen-bond donors (Lipinski definition) is 1. The Kier molecular flexibility index (Phi) is 7.75. The van der Waals surface area contributed by atoms with Crippen LogP contribution in [-0.2, 0) is 50.0 Å². The first-order valence-corrected chi connectivity index (χ1v) is 14.4. The average molecular weight is 602 g/mol. The van der Waals surface area contributed by atoms with E-state index in [2.05, 4.69) is 4.90 Å². The van der Waals surface area contributed by atoms with Crippen molar-refractivity contribution in [3.8, 4) is 11.5 Å². The second kappa shape index (κ2) is 10.8. The number of methoxy groups -OCH3 is 1. The van der Waals surface area contributed by atoms with Crippen LogP contribution in [0, 0.1) is 0 Å². The lowest BCUT2D eigenvalue weighted by Gasteiger charge is -2.61. The van der Waals surface area contributed by atoms with E-state index in [1.54, 1.807) is 26.8 Å². The molecule has 2 aliphatic heterocycles. The summed E-state index contributed by atoms with van der Waals surface area (Å²) in [6.07, 6.45) is -1.49. The predicted octanol–water partition coefficient (Wildman–Crippen LogP) is 2.11. The third-order valence-corrected chi connectivity index (χ3v) is 8.75. The molecule has 0 unspecified atom stereocenters. The van der Waals surface area contributed by atoms with E-state index >= 15 is 0 Å². The molecule has 12 nitrogen and oxygen atoms in total. The van der Waals surface area contributed by atoms with E-state index in [9.17, 15) is 24.3 Å². The van der Waals surface area contributed by atoms with Gasteiger partial charge in [0.05, 0.1) is 24.5 Å². The molecule has 1 spiro atoms. The first-order chi connectivity index (χ1) is 20.1. The summed E-state index contributed by atoms with van der Waals surface area (Å²) in [6, 6.07) is 3.63. The van der Waals surface area contributed by atoms with E-state index in [4.69, 9.17) is 28.4 Å². The minimum Gasteiger partial charge on any atom is -0.493 e. The molecule has 0 saturated carbocycles. The quantitative estimate of drug-likeness (QED) is 0.344. The second-order valence-electron chi connectivity index (χ2n) is 12.7. The molecule has 1 saturated heterocycles. The highest BCUT2D eigenvalue weighted by Gasteiger charge is 2.72. The van der Waals surface area contributed by atoms with Gasteiger partial charge in [-0.2, -0.15) is 0 Å². The largest absolute Gasteiger partial charge is 0.493 e. The van der Waals surface area contributed by atoms with Crippen LogP contribution < -0.4 is 9.47 Å². The molecule has 43 heavy (non-hydrogen) atoms. The minimum atomic E-state index is -1.65. The number of piperidine rings is 1. The Morgan fingerprint density at radius 1 is 1.16 bits per heavy atom. The van der Waals surface area contributed by atoms with Crippen LogP contribution in [0.25, 0.3) is 0 Å². The van der Waals surface area contributed by atoms with Crippen molar-refractivity contribution in [3.05, 3.63) is 35.1 Å². The van der Waals surface area contributed by atoms with Gasteiger partial charge in [0, 0.05) is 24.9 Å². The molecule has 2 heterocycles. The maximum absolute atomic E-state index is 13.4. The molecule has 12 heteroatoms. The molecular formula is C31H39NO11. The molecule has 5 rings (SSSR count). The van der Waals surface area contributed by atoms with Gasteiger partial charge in [0.15, 0.2) is 23.7 Å². The van der Waals surface area contributed by atoms with Crippen LogP contribution in [0.15, 0.2) is 24.0 Å². The van der Waals surface area contributed by atoms with Crippen molar-refractivity contribution in [2.45, 2.75) is 101 Å². The highest BCUT2D eigenvalue weighted by Crippen LogP contribution is 2.65. The Balaban J connectivity index is 1.39. The Labute approximate surface area is 250 Å². The van der Waals surface area contributed by atoms with Crippen molar-refractivity contribution >= 4 is 23.9 Å². The van der Waals surface area contributed by atoms with E-state index in [1.807, 2.05) is 19.2 Å². The molecule has 6 atom stereocenters. The SMILES string of the molecule is COc1ccc2c3c1O[C@H]1C(OC(=O)[C@H](CC(=O)O[C@@H](C)C(=O)OC(C)(C)C)OC(C)=O)=CC[C@@]4(O)[C@@H](C2)N(C)CC[C@]314. The van der Waals surface area contributed by atoms with Gasteiger partial charge >= 0.3 is 23.9 Å². The lowest BCUT2D eigenvalue weighted by Crippen LogP contribution is -2.74. The van der Waals surface area contributed by atoms with Crippen molar-refractivity contribution in [1.29, 1.82) is 0 Å². The van der Waals surface area contributed by atoms with Gasteiger partial charge in [-0.1, -0.05) is 6.07 Å². The summed E-state index contributed by atoms with van der Waals surface area (Å²) in [5.74, 6) is -2.39. The van der Waals surface area contributed by atoms with Gasteiger partial charge in [0.25, 0.3) is 0 Å². The van der Waals surface area contributed by atoms with Gasteiger partial charge in [-0.25, -0.2) is 9.59 Å². The standard InChI is InChI=1S/C31H39NO11/c1-16(27(35)43-29(3,4)5)39-23(34)15-21(40-17(2)33)28(36)41-20-10-11-31(37)22-14-18-8-9-19(38-7)25-24(18)30(31,26(20)42-25)12-13-32(22)6/h8-10,16,21-22,26,37H,11-15H2,1-7H3/t16-,21-,22+,26-,30-,31+/m0/s1. The molecule has 1 fully saturated rings. The van der Waals surface area contributed by atoms with Crippen molar-refractivity contribution in [2.75, 3.05) is 20.7 Å². The molecule has 2 aliphatic carbocycles. The summed E-state index contributed by atoms with van der Waals surface area (Å²) in [5, 5.41) is 12.3. The zero-order valence-corrected chi connectivity index (χ0v) is 25.6. The average Bonchev–Trinajstić information content (AvgIpc) is 3.26. The molecule has 0 aromatic heterocycles. The lowest BCUT2D eigenvalue weighted by atomic mass is 9.50. The number of carbonyl (C=O) groups is 4. The fourth-order valence-corrected chi connectivity index (χ4v) is 6.97. The highest BCUT2D eigenvalue weighted by atomic mass is 16.6. The second-order valence-corrected chi connectivity index (χ2v) is 12.7. The van der Waals surface area contributed by atoms with Gasteiger partial charge in [-0.3, -0.25) is 9.59 Å². The number of esters is 4. The van der Waals surface area contributed by atoms with Crippen LogP contribution in [0.5, 0.6) is 11.5 Å². The molecule has 234 valence electrons. The van der Waals surface area contributed by atoms with Crippen molar-refractivity contribution in [3.63, 3.8) is 0 Å². The molecule has 0 amide bonds. The summed E-state index contributed by atoms with van der Waals surface area (Å²) in [6.45, 7) is 8.15. The van der Waals surface area contributed by atoms with E-state index in [0.29, 0.717) is 30.9 Å². The number of likely N-dealkylation sites (N-methyl/N-ethyl adjacent to an activating group) is 1. The molecule has 4 aliphatic rings. The first kappa shape index (κ1) is 30.8. The van der Waals surface area contributed by atoms with Gasteiger partial charge in [-0.05, 0) is 71.8 Å². The first-order valence-electron chi connectivity index (χ1n) is 14.4. The van der Waals surface area contributed by atoms with Crippen LogP contribution in [0.4, 0.5) is 0 Å². The summed E-state index contributed by atoms with van der Waals surface area (Å²) in [5.41, 5.74) is -1.01. The fourth-order valence-electron chi connectivity index (χ4n) is 6.97. The summed E-state index contributed by atoms with van der Waals surface area (Å²) < 4.78 is 33.4. The third-order valence-electron chi connectivity index (χ3n) is 8.75. The fraction of sp³-hybridized carbons (Fsp3) is 0.613. The van der Waals surface area contributed by atoms with Crippen LogP contribution in [0.2, 0.25) is 0 Å². The smallest absolute Gasteiger partial charge is 0.353 e. The molecule has 1 aromatic rings. The lowest BCUT2D eigenvalue weighted by molar-refractivity contribution is -0.181. The molecule has 1 N–H and O–H groups in total. The molecule has 0 radical (unpaired) electrons. The van der Waals surface area contributed by atoms with Crippen molar-refractivity contribution < 1.29 is 52.7 Å². The molecular weight excluding hydrogens is 562 g/mol. The van der Waals surface area contributed by atoms with Crippen LogP contribution in [0.1, 0.15) is 65.0 Å². The number of rotatable bonds is 8. The van der Waals surface area contributed by atoms with E-state index in [-0.39, 0.29) is 18.2 Å². The number of aliphatic hydroxyl groups is 1. The Hall–Kier alpha value is -3.64.